The summed E-state index contributed by atoms with van der Waals surface area (Å²) in [6.45, 7) is 0.439. The van der Waals surface area contributed by atoms with Crippen LogP contribution in [-0.4, -0.2) is 10.8 Å². The summed E-state index contributed by atoms with van der Waals surface area (Å²) < 4.78 is 0. The van der Waals surface area contributed by atoms with Gasteiger partial charge in [0.1, 0.15) is 0 Å². The first kappa shape index (κ1) is 10.5. The van der Waals surface area contributed by atoms with E-state index in [0.717, 1.165) is 5.56 Å². The number of rotatable bonds is 3. The molecule has 3 nitrogen and oxygen atoms in total. The molecule has 0 saturated heterocycles. The second-order valence-corrected chi connectivity index (χ2v) is 3.48. The molecule has 0 aliphatic heterocycles. The molecule has 1 aromatic carbocycles. The van der Waals surface area contributed by atoms with Crippen molar-refractivity contribution in [2.75, 3.05) is 0 Å². The predicted octanol–water partition coefficient (Wildman–Crippen LogP) is 1.77. The van der Waals surface area contributed by atoms with Crippen LogP contribution in [0.2, 0.25) is 0 Å². The molecular weight excluding hydrogens is 200 g/mol. The Morgan fingerprint density at radius 1 is 1.19 bits per heavy atom. The smallest absolute Gasteiger partial charge is 0.194 e. The zero-order valence-electron chi connectivity index (χ0n) is 8.76. The highest BCUT2D eigenvalue weighted by atomic mass is 16.1. The summed E-state index contributed by atoms with van der Waals surface area (Å²) >= 11 is 0. The van der Waals surface area contributed by atoms with E-state index >= 15 is 0 Å². The number of carbonyl (C=O) groups excluding carboxylic acids is 1. The number of pyridine rings is 1. The Hall–Kier alpha value is -2.00. The maximum Gasteiger partial charge on any atom is 0.194 e. The molecule has 0 spiro atoms. The van der Waals surface area contributed by atoms with Crippen molar-refractivity contribution in [3.8, 4) is 0 Å². The fourth-order valence-corrected chi connectivity index (χ4v) is 1.50. The topological polar surface area (TPSA) is 56.0 Å². The molecule has 80 valence electrons. The molecular formula is C13H12N2O. The van der Waals surface area contributed by atoms with Crippen molar-refractivity contribution in [2.45, 2.75) is 6.54 Å². The van der Waals surface area contributed by atoms with Gasteiger partial charge in [-0.2, -0.15) is 0 Å². The maximum absolute atomic E-state index is 12.0. The SMILES string of the molecule is NCc1cccc(C(=O)c2cccnc2)c1. The summed E-state index contributed by atoms with van der Waals surface area (Å²) in [4.78, 5) is 16.0. The van der Waals surface area contributed by atoms with Gasteiger partial charge in [0.05, 0.1) is 0 Å². The molecule has 1 aromatic heterocycles. The van der Waals surface area contributed by atoms with Crippen molar-refractivity contribution in [3.63, 3.8) is 0 Å². The molecule has 3 heteroatoms. The summed E-state index contributed by atoms with van der Waals surface area (Å²) in [5.41, 5.74) is 7.73. The lowest BCUT2D eigenvalue weighted by Crippen LogP contribution is -2.03. The second kappa shape index (κ2) is 4.68. The predicted molar refractivity (Wildman–Crippen MR) is 62.0 cm³/mol. The van der Waals surface area contributed by atoms with Crippen LogP contribution in [-0.2, 0) is 6.54 Å². The van der Waals surface area contributed by atoms with Gasteiger partial charge >= 0.3 is 0 Å². The van der Waals surface area contributed by atoms with Crippen LogP contribution in [0.5, 0.6) is 0 Å². The van der Waals surface area contributed by atoms with E-state index in [9.17, 15) is 4.79 Å². The number of hydrogen-bond donors (Lipinski definition) is 1. The van der Waals surface area contributed by atoms with Gasteiger partial charge in [0.2, 0.25) is 0 Å². The standard InChI is InChI=1S/C13H12N2O/c14-8-10-3-1-4-11(7-10)13(16)12-5-2-6-15-9-12/h1-7,9H,8,14H2. The molecule has 0 aliphatic rings. The van der Waals surface area contributed by atoms with E-state index in [-0.39, 0.29) is 5.78 Å². The van der Waals surface area contributed by atoms with Crippen LogP contribution in [0.25, 0.3) is 0 Å². The minimum absolute atomic E-state index is 0.0246. The number of aromatic nitrogens is 1. The van der Waals surface area contributed by atoms with Gasteiger partial charge in [-0.15, -0.1) is 0 Å². The summed E-state index contributed by atoms with van der Waals surface area (Å²) in [7, 11) is 0. The Morgan fingerprint density at radius 2 is 2.00 bits per heavy atom. The van der Waals surface area contributed by atoms with Gasteiger partial charge in [-0.3, -0.25) is 9.78 Å². The van der Waals surface area contributed by atoms with Crippen LogP contribution in [0, 0.1) is 0 Å². The number of nitrogens with zero attached hydrogens (tertiary/aromatic N) is 1. The van der Waals surface area contributed by atoms with Crippen LogP contribution >= 0.6 is 0 Å². The van der Waals surface area contributed by atoms with Gasteiger partial charge in [0, 0.05) is 30.1 Å². The van der Waals surface area contributed by atoms with E-state index in [2.05, 4.69) is 4.98 Å². The quantitative estimate of drug-likeness (QED) is 0.789. The average molecular weight is 212 g/mol. The molecule has 1 heterocycles. The van der Waals surface area contributed by atoms with E-state index in [1.165, 1.54) is 0 Å². The molecule has 0 amide bonds. The largest absolute Gasteiger partial charge is 0.326 e. The Labute approximate surface area is 93.9 Å². The van der Waals surface area contributed by atoms with Gasteiger partial charge in [-0.25, -0.2) is 0 Å². The molecule has 2 rings (SSSR count). The number of ketones is 1. The highest BCUT2D eigenvalue weighted by Gasteiger charge is 2.08. The lowest BCUT2D eigenvalue weighted by Gasteiger charge is -2.02. The highest BCUT2D eigenvalue weighted by molar-refractivity contribution is 6.08. The number of benzene rings is 1. The Balaban J connectivity index is 2.34. The first-order valence-corrected chi connectivity index (χ1v) is 5.05. The summed E-state index contributed by atoms with van der Waals surface area (Å²) in [5, 5.41) is 0. The summed E-state index contributed by atoms with van der Waals surface area (Å²) in [6.07, 6.45) is 3.21. The fourth-order valence-electron chi connectivity index (χ4n) is 1.50. The van der Waals surface area contributed by atoms with Gasteiger partial charge in [-0.05, 0) is 23.8 Å². The van der Waals surface area contributed by atoms with E-state index in [4.69, 9.17) is 5.73 Å². The fraction of sp³-hybridized carbons (Fsp3) is 0.0769. The van der Waals surface area contributed by atoms with Crippen molar-refractivity contribution in [1.29, 1.82) is 0 Å². The van der Waals surface area contributed by atoms with Gasteiger partial charge in [0.15, 0.2) is 5.78 Å². The monoisotopic (exact) mass is 212 g/mol. The molecule has 0 aliphatic carbocycles. The lowest BCUT2D eigenvalue weighted by atomic mass is 10.0. The van der Waals surface area contributed by atoms with Crippen LogP contribution in [0.3, 0.4) is 0 Å². The van der Waals surface area contributed by atoms with Crippen molar-refractivity contribution in [1.82, 2.24) is 4.98 Å². The minimum atomic E-state index is -0.0246. The molecule has 0 radical (unpaired) electrons. The van der Waals surface area contributed by atoms with Gasteiger partial charge < -0.3 is 5.73 Å². The Kier molecular flexibility index (Phi) is 3.08. The highest BCUT2D eigenvalue weighted by Crippen LogP contribution is 2.10. The molecule has 0 fully saturated rings. The lowest BCUT2D eigenvalue weighted by molar-refractivity contribution is 0.103. The number of nitrogens with two attached hydrogens (primary N) is 1. The molecule has 2 aromatic rings. The van der Waals surface area contributed by atoms with E-state index in [0.29, 0.717) is 17.7 Å². The van der Waals surface area contributed by atoms with Crippen LogP contribution in [0.15, 0.2) is 48.8 Å². The first-order valence-electron chi connectivity index (χ1n) is 5.05. The van der Waals surface area contributed by atoms with Gasteiger partial charge in [0.25, 0.3) is 0 Å². The van der Waals surface area contributed by atoms with Crippen molar-refractivity contribution < 1.29 is 4.79 Å². The van der Waals surface area contributed by atoms with Crippen LogP contribution < -0.4 is 5.73 Å². The molecule has 0 bridgehead atoms. The summed E-state index contributed by atoms with van der Waals surface area (Å²) in [5.74, 6) is -0.0246. The van der Waals surface area contributed by atoms with Crippen molar-refractivity contribution in [3.05, 3.63) is 65.5 Å². The van der Waals surface area contributed by atoms with Crippen molar-refractivity contribution >= 4 is 5.78 Å². The Morgan fingerprint density at radius 3 is 2.69 bits per heavy atom. The molecule has 2 N–H and O–H groups in total. The third kappa shape index (κ3) is 2.15. The van der Waals surface area contributed by atoms with E-state index in [1.54, 1.807) is 30.6 Å². The zero-order valence-corrected chi connectivity index (χ0v) is 8.76. The normalized spacial score (nSPS) is 10.1. The first-order chi connectivity index (χ1) is 7.81. The number of hydrogen-bond acceptors (Lipinski definition) is 3. The molecule has 0 saturated carbocycles. The Bertz CT molecular complexity index is 494. The van der Waals surface area contributed by atoms with Crippen molar-refractivity contribution in [2.24, 2.45) is 5.73 Å². The number of carbonyl (C=O) groups is 1. The summed E-state index contributed by atoms with van der Waals surface area (Å²) in [6, 6.07) is 10.8. The zero-order chi connectivity index (χ0) is 11.4. The third-order valence-corrected chi connectivity index (χ3v) is 2.35. The van der Waals surface area contributed by atoms with E-state index in [1.807, 2.05) is 18.2 Å². The van der Waals surface area contributed by atoms with Crippen LogP contribution in [0.1, 0.15) is 21.5 Å². The molecule has 0 unspecified atom stereocenters. The minimum Gasteiger partial charge on any atom is -0.326 e. The molecule has 0 atom stereocenters. The third-order valence-electron chi connectivity index (χ3n) is 2.35. The average Bonchev–Trinajstić information content (AvgIpc) is 2.39. The maximum atomic E-state index is 12.0. The van der Waals surface area contributed by atoms with Crippen LogP contribution in [0.4, 0.5) is 0 Å². The second-order valence-electron chi connectivity index (χ2n) is 3.48. The molecule has 16 heavy (non-hydrogen) atoms. The van der Waals surface area contributed by atoms with Gasteiger partial charge in [-0.1, -0.05) is 18.2 Å². The van der Waals surface area contributed by atoms with E-state index < -0.39 is 0 Å².